The van der Waals surface area contributed by atoms with Crippen LogP contribution in [0.1, 0.15) is 54.9 Å². The van der Waals surface area contributed by atoms with Crippen molar-refractivity contribution in [1.29, 1.82) is 0 Å². The quantitative estimate of drug-likeness (QED) is 0.545. The van der Waals surface area contributed by atoms with Gasteiger partial charge in [0.15, 0.2) is 4.80 Å². The molecule has 0 N–H and O–H groups in total. The molecular formula is C24H29N3O3S2. The lowest BCUT2D eigenvalue weighted by Gasteiger charge is -2.32. The highest BCUT2D eigenvalue weighted by Crippen LogP contribution is 2.28. The van der Waals surface area contributed by atoms with Crippen LogP contribution in [0.3, 0.4) is 0 Å². The first-order chi connectivity index (χ1) is 15.3. The average molecular weight is 472 g/mol. The molecule has 3 aromatic rings. The second-order valence-corrected chi connectivity index (χ2v) is 11.2. The summed E-state index contributed by atoms with van der Waals surface area (Å²) in [6, 6.07) is 12.3. The Hall–Kier alpha value is -2.29. The van der Waals surface area contributed by atoms with Crippen molar-refractivity contribution in [3.63, 3.8) is 0 Å². The van der Waals surface area contributed by atoms with Crippen molar-refractivity contribution in [2.45, 2.75) is 56.9 Å². The molecule has 0 aliphatic heterocycles. The zero-order valence-corrected chi connectivity index (χ0v) is 20.4. The highest BCUT2D eigenvalue weighted by atomic mass is 32.2. The van der Waals surface area contributed by atoms with Crippen LogP contribution in [0.25, 0.3) is 10.2 Å². The Morgan fingerprint density at radius 2 is 1.81 bits per heavy atom. The third kappa shape index (κ3) is 4.31. The molecule has 0 radical (unpaired) electrons. The minimum atomic E-state index is -3.59. The van der Waals surface area contributed by atoms with Gasteiger partial charge in [0.25, 0.3) is 5.91 Å². The summed E-state index contributed by atoms with van der Waals surface area (Å²) >= 11 is 1.46. The second-order valence-electron chi connectivity index (χ2n) is 8.31. The van der Waals surface area contributed by atoms with Gasteiger partial charge in [0, 0.05) is 25.2 Å². The summed E-state index contributed by atoms with van der Waals surface area (Å²) in [6.45, 7) is 4.37. The van der Waals surface area contributed by atoms with Crippen LogP contribution in [0.15, 0.2) is 52.4 Å². The molecule has 0 atom stereocenters. The number of amides is 1. The van der Waals surface area contributed by atoms with Gasteiger partial charge in [-0.2, -0.15) is 9.30 Å². The summed E-state index contributed by atoms with van der Waals surface area (Å²) in [5.74, 6) is -0.381. The number of sulfonamides is 1. The molecule has 0 saturated heterocycles. The first-order valence-corrected chi connectivity index (χ1v) is 13.3. The van der Waals surface area contributed by atoms with E-state index in [1.165, 1.54) is 29.9 Å². The van der Waals surface area contributed by atoms with Crippen LogP contribution >= 0.6 is 11.3 Å². The van der Waals surface area contributed by atoms with Crippen LogP contribution in [0.4, 0.5) is 0 Å². The number of hydrogen-bond acceptors (Lipinski definition) is 4. The molecule has 0 unspecified atom stereocenters. The molecule has 1 aliphatic carbocycles. The zero-order valence-electron chi connectivity index (χ0n) is 18.7. The predicted octanol–water partition coefficient (Wildman–Crippen LogP) is 4.63. The Labute approximate surface area is 193 Å². The number of carbonyl (C=O) groups excluding carboxylic acids is 1. The van der Waals surface area contributed by atoms with Gasteiger partial charge in [0.2, 0.25) is 10.0 Å². The van der Waals surface area contributed by atoms with Gasteiger partial charge in [0.05, 0.1) is 15.1 Å². The predicted molar refractivity (Wildman–Crippen MR) is 128 cm³/mol. The van der Waals surface area contributed by atoms with Crippen molar-refractivity contribution in [3.05, 3.63) is 58.4 Å². The number of aromatic nitrogens is 1. The van der Waals surface area contributed by atoms with Crippen LogP contribution in [0, 0.1) is 6.92 Å². The monoisotopic (exact) mass is 471 g/mol. The molecule has 4 rings (SSSR count). The Morgan fingerprint density at radius 3 is 2.44 bits per heavy atom. The Morgan fingerprint density at radius 1 is 1.12 bits per heavy atom. The summed E-state index contributed by atoms with van der Waals surface area (Å²) in [5.41, 5.74) is 2.56. The minimum Gasteiger partial charge on any atom is -0.319 e. The van der Waals surface area contributed by atoms with E-state index in [1.54, 1.807) is 16.4 Å². The van der Waals surface area contributed by atoms with Gasteiger partial charge in [-0.05, 0) is 55.7 Å². The van der Waals surface area contributed by atoms with Crippen LogP contribution in [0.2, 0.25) is 0 Å². The van der Waals surface area contributed by atoms with Crippen LogP contribution < -0.4 is 4.80 Å². The fraction of sp³-hybridized carbons (Fsp3) is 0.417. The van der Waals surface area contributed by atoms with E-state index in [-0.39, 0.29) is 16.8 Å². The van der Waals surface area contributed by atoms with E-state index in [0.717, 1.165) is 41.5 Å². The van der Waals surface area contributed by atoms with E-state index in [9.17, 15) is 13.2 Å². The van der Waals surface area contributed by atoms with Gasteiger partial charge in [-0.3, -0.25) is 4.79 Å². The number of aryl methyl sites for hydroxylation is 2. The van der Waals surface area contributed by atoms with Gasteiger partial charge >= 0.3 is 0 Å². The van der Waals surface area contributed by atoms with Gasteiger partial charge in [-0.1, -0.05) is 49.7 Å². The number of para-hydroxylation sites is 1. The standard InChI is InChI=1S/C24H29N3O3S2/c1-4-27(19-10-6-5-7-11-19)32(29,30)20-15-13-18(14-16-20)23(28)25-24-26(3)22-17(2)9-8-12-21(22)31-24/h8-9,12-16,19H,4-7,10-11H2,1-3H3. The molecule has 1 saturated carbocycles. The topological polar surface area (TPSA) is 71.7 Å². The largest absolute Gasteiger partial charge is 0.319 e. The fourth-order valence-corrected chi connectivity index (χ4v) is 7.34. The van der Waals surface area contributed by atoms with Crippen LogP contribution in [0.5, 0.6) is 0 Å². The third-order valence-electron chi connectivity index (χ3n) is 6.22. The lowest BCUT2D eigenvalue weighted by molar-refractivity contribution is 0.0998. The smallest absolute Gasteiger partial charge is 0.279 e. The molecule has 8 heteroatoms. The summed E-state index contributed by atoms with van der Waals surface area (Å²) in [4.78, 5) is 17.9. The maximum absolute atomic E-state index is 13.2. The molecule has 2 aromatic carbocycles. The fourth-order valence-electron chi connectivity index (χ4n) is 4.55. The number of nitrogens with zero attached hydrogens (tertiary/aromatic N) is 3. The van der Waals surface area contributed by atoms with Gasteiger partial charge in [-0.15, -0.1) is 0 Å². The van der Waals surface area contributed by atoms with E-state index >= 15 is 0 Å². The normalized spacial score (nSPS) is 16.2. The molecule has 1 heterocycles. The number of rotatable bonds is 5. The van der Waals surface area contributed by atoms with E-state index in [4.69, 9.17) is 0 Å². The number of thiazole rings is 1. The van der Waals surface area contributed by atoms with Crippen molar-refractivity contribution >= 4 is 37.5 Å². The molecule has 1 amide bonds. The van der Waals surface area contributed by atoms with Crippen molar-refractivity contribution in [1.82, 2.24) is 8.87 Å². The molecular weight excluding hydrogens is 442 g/mol. The maximum Gasteiger partial charge on any atom is 0.279 e. The van der Waals surface area contributed by atoms with Gasteiger partial charge < -0.3 is 4.57 Å². The van der Waals surface area contributed by atoms with E-state index in [1.807, 2.05) is 43.7 Å². The van der Waals surface area contributed by atoms with Gasteiger partial charge in [0.1, 0.15) is 0 Å². The Kier molecular flexibility index (Phi) is 6.65. The lowest BCUT2D eigenvalue weighted by Crippen LogP contribution is -2.41. The highest BCUT2D eigenvalue weighted by molar-refractivity contribution is 7.89. The van der Waals surface area contributed by atoms with Gasteiger partial charge in [-0.25, -0.2) is 8.42 Å². The molecule has 0 bridgehead atoms. The zero-order chi connectivity index (χ0) is 22.9. The molecule has 170 valence electrons. The summed E-state index contributed by atoms with van der Waals surface area (Å²) in [6.07, 6.45) is 5.13. The maximum atomic E-state index is 13.2. The van der Waals surface area contributed by atoms with E-state index in [0.29, 0.717) is 16.9 Å². The average Bonchev–Trinajstić information content (AvgIpc) is 3.11. The molecule has 1 aliphatic rings. The highest BCUT2D eigenvalue weighted by Gasteiger charge is 2.31. The number of fused-ring (bicyclic) bond motifs is 1. The van der Waals surface area contributed by atoms with E-state index < -0.39 is 10.0 Å². The lowest BCUT2D eigenvalue weighted by atomic mass is 9.95. The van der Waals surface area contributed by atoms with E-state index in [2.05, 4.69) is 4.99 Å². The molecule has 1 aromatic heterocycles. The Balaban J connectivity index is 1.61. The minimum absolute atomic E-state index is 0.0616. The summed E-state index contributed by atoms with van der Waals surface area (Å²) < 4.78 is 31.1. The summed E-state index contributed by atoms with van der Waals surface area (Å²) in [7, 11) is -1.69. The first kappa shape index (κ1) is 22.9. The Bertz CT molecular complexity index is 1300. The number of carbonyl (C=O) groups is 1. The van der Waals surface area contributed by atoms with Crippen molar-refractivity contribution in [2.24, 2.45) is 12.0 Å². The number of benzene rings is 2. The molecule has 32 heavy (non-hydrogen) atoms. The van der Waals surface area contributed by atoms with Crippen LogP contribution in [-0.4, -0.2) is 35.8 Å². The summed E-state index contributed by atoms with van der Waals surface area (Å²) in [5, 5.41) is 0. The second kappa shape index (κ2) is 9.29. The van der Waals surface area contributed by atoms with Crippen molar-refractivity contribution < 1.29 is 13.2 Å². The van der Waals surface area contributed by atoms with Crippen LogP contribution in [-0.2, 0) is 17.1 Å². The SMILES string of the molecule is CCN(C1CCCCC1)S(=O)(=O)c1ccc(C(=O)N=c2sc3cccc(C)c3n2C)cc1. The van der Waals surface area contributed by atoms with Crippen molar-refractivity contribution in [2.75, 3.05) is 6.54 Å². The molecule has 0 spiro atoms. The molecule has 6 nitrogen and oxygen atoms in total. The third-order valence-corrected chi connectivity index (χ3v) is 9.36. The first-order valence-electron chi connectivity index (χ1n) is 11.1. The number of hydrogen-bond donors (Lipinski definition) is 0. The van der Waals surface area contributed by atoms with Crippen molar-refractivity contribution in [3.8, 4) is 0 Å². The molecule has 1 fully saturated rings.